The largest absolute Gasteiger partial charge is 0.381 e. The quantitative estimate of drug-likeness (QED) is 0.894. The van der Waals surface area contributed by atoms with E-state index in [1.54, 1.807) is 30.3 Å². The highest BCUT2D eigenvalue weighted by atomic mass is 19.1. The third-order valence-electron chi connectivity index (χ3n) is 4.52. The molecule has 2 aromatic carbocycles. The zero-order chi connectivity index (χ0) is 17.9. The van der Waals surface area contributed by atoms with Gasteiger partial charge in [-0.15, -0.1) is 0 Å². The third kappa shape index (κ3) is 3.70. The molecule has 1 amide bonds. The van der Waals surface area contributed by atoms with Gasteiger partial charge in [-0.25, -0.2) is 8.78 Å². The number of benzene rings is 2. The first-order valence-corrected chi connectivity index (χ1v) is 8.10. The van der Waals surface area contributed by atoms with Crippen LogP contribution in [0.1, 0.15) is 30.1 Å². The van der Waals surface area contributed by atoms with Gasteiger partial charge in [0.15, 0.2) is 6.10 Å². The van der Waals surface area contributed by atoms with E-state index in [9.17, 15) is 18.7 Å². The molecule has 25 heavy (non-hydrogen) atoms. The van der Waals surface area contributed by atoms with E-state index in [0.717, 1.165) is 12.1 Å². The lowest BCUT2D eigenvalue weighted by Gasteiger charge is -2.39. The Morgan fingerprint density at radius 1 is 1.12 bits per heavy atom. The van der Waals surface area contributed by atoms with Crippen LogP contribution in [0.4, 0.5) is 8.78 Å². The van der Waals surface area contributed by atoms with Crippen LogP contribution < -0.4 is 5.32 Å². The molecule has 132 valence electrons. The number of aliphatic hydroxyl groups excluding tert-OH is 1. The summed E-state index contributed by atoms with van der Waals surface area (Å²) in [6, 6.07) is 11.8. The maximum Gasteiger partial charge on any atom is 0.254 e. The van der Waals surface area contributed by atoms with Crippen molar-refractivity contribution in [2.24, 2.45) is 0 Å². The highest BCUT2D eigenvalue weighted by Crippen LogP contribution is 2.34. The van der Waals surface area contributed by atoms with E-state index in [2.05, 4.69) is 5.32 Å². The van der Waals surface area contributed by atoms with E-state index < -0.39 is 29.2 Å². The second-order valence-electron chi connectivity index (χ2n) is 6.12. The fourth-order valence-electron chi connectivity index (χ4n) is 3.15. The molecule has 2 N–H and O–H groups in total. The van der Waals surface area contributed by atoms with Gasteiger partial charge in [0.1, 0.15) is 11.6 Å². The number of carbonyl (C=O) groups is 1. The van der Waals surface area contributed by atoms with E-state index >= 15 is 0 Å². The molecule has 1 aliphatic rings. The van der Waals surface area contributed by atoms with Gasteiger partial charge in [0, 0.05) is 24.8 Å². The summed E-state index contributed by atoms with van der Waals surface area (Å²) < 4.78 is 32.9. The van der Waals surface area contributed by atoms with Gasteiger partial charge in [-0.2, -0.15) is 0 Å². The molecule has 1 aliphatic heterocycles. The van der Waals surface area contributed by atoms with E-state index in [0.29, 0.717) is 31.6 Å². The molecule has 1 atom stereocenters. The number of hydrogen-bond acceptors (Lipinski definition) is 3. The maximum atomic E-state index is 14.4. The molecule has 1 heterocycles. The molecule has 2 aromatic rings. The Bertz CT molecular complexity index is 746. The molecule has 0 bridgehead atoms. The molecule has 0 aliphatic carbocycles. The molecular weight excluding hydrogens is 328 g/mol. The van der Waals surface area contributed by atoms with Gasteiger partial charge in [0.2, 0.25) is 0 Å². The van der Waals surface area contributed by atoms with Crippen LogP contribution in [0.15, 0.2) is 48.5 Å². The highest BCUT2D eigenvalue weighted by molar-refractivity contribution is 5.82. The summed E-state index contributed by atoms with van der Waals surface area (Å²) in [4.78, 5) is 12.6. The lowest BCUT2D eigenvalue weighted by atomic mass is 9.82. The Hall–Kier alpha value is -2.31. The number of rotatable bonds is 4. The summed E-state index contributed by atoms with van der Waals surface area (Å²) in [6.07, 6.45) is -0.699. The summed E-state index contributed by atoms with van der Waals surface area (Å²) in [5, 5.41) is 13.1. The zero-order valence-electron chi connectivity index (χ0n) is 13.5. The number of carbonyl (C=O) groups excluding carboxylic acids is 1. The SMILES string of the molecule is O=C(NC1(c2ccc(F)cc2F)CCOCC1)C(O)c1ccccc1. The Morgan fingerprint density at radius 2 is 1.80 bits per heavy atom. The number of ether oxygens (including phenoxy) is 1. The van der Waals surface area contributed by atoms with Crippen molar-refractivity contribution in [3.05, 3.63) is 71.3 Å². The maximum absolute atomic E-state index is 14.4. The normalized spacial score (nSPS) is 17.7. The number of nitrogens with one attached hydrogen (secondary N) is 1. The number of aliphatic hydroxyl groups is 1. The average molecular weight is 347 g/mol. The van der Waals surface area contributed by atoms with Gasteiger partial charge in [-0.1, -0.05) is 36.4 Å². The molecular formula is C19H19F2NO3. The zero-order valence-corrected chi connectivity index (χ0v) is 13.5. The molecule has 3 rings (SSSR count). The second kappa shape index (κ2) is 7.29. The number of halogens is 2. The van der Waals surface area contributed by atoms with Crippen molar-refractivity contribution < 1.29 is 23.4 Å². The Kier molecular flexibility index (Phi) is 5.11. The molecule has 0 saturated carbocycles. The van der Waals surface area contributed by atoms with Crippen LogP contribution in [0, 0.1) is 11.6 Å². The molecule has 0 radical (unpaired) electrons. The van der Waals surface area contributed by atoms with E-state index in [1.165, 1.54) is 6.07 Å². The first kappa shape index (κ1) is 17.5. The molecule has 0 aromatic heterocycles. The van der Waals surface area contributed by atoms with Gasteiger partial charge in [-0.05, 0) is 24.5 Å². The molecule has 1 saturated heterocycles. The standard InChI is InChI=1S/C19H19F2NO3/c20-14-6-7-15(16(21)12-14)19(8-10-25-11-9-19)22-18(24)17(23)13-4-2-1-3-5-13/h1-7,12,17,23H,8-11H2,(H,22,24). The van der Waals surface area contributed by atoms with Crippen molar-refractivity contribution in [1.29, 1.82) is 0 Å². The van der Waals surface area contributed by atoms with Crippen LogP contribution in [0.2, 0.25) is 0 Å². The van der Waals surface area contributed by atoms with E-state index in [4.69, 9.17) is 4.74 Å². The van der Waals surface area contributed by atoms with Gasteiger partial charge < -0.3 is 15.2 Å². The number of hydrogen-bond donors (Lipinski definition) is 2. The summed E-state index contributed by atoms with van der Waals surface area (Å²) >= 11 is 0. The lowest BCUT2D eigenvalue weighted by Crippen LogP contribution is -2.51. The van der Waals surface area contributed by atoms with Gasteiger partial charge >= 0.3 is 0 Å². The van der Waals surface area contributed by atoms with Crippen molar-refractivity contribution >= 4 is 5.91 Å². The van der Waals surface area contributed by atoms with Crippen LogP contribution >= 0.6 is 0 Å². The first-order valence-electron chi connectivity index (χ1n) is 8.10. The van der Waals surface area contributed by atoms with E-state index in [1.807, 2.05) is 0 Å². The predicted molar refractivity (Wildman–Crippen MR) is 87.6 cm³/mol. The second-order valence-corrected chi connectivity index (χ2v) is 6.12. The minimum atomic E-state index is -1.37. The highest BCUT2D eigenvalue weighted by Gasteiger charge is 2.39. The van der Waals surface area contributed by atoms with Gasteiger partial charge in [0.25, 0.3) is 5.91 Å². The minimum Gasteiger partial charge on any atom is -0.381 e. The fourth-order valence-corrected chi connectivity index (χ4v) is 3.15. The molecule has 4 nitrogen and oxygen atoms in total. The molecule has 6 heteroatoms. The lowest BCUT2D eigenvalue weighted by molar-refractivity contribution is -0.133. The van der Waals surface area contributed by atoms with Crippen molar-refractivity contribution in [3.8, 4) is 0 Å². The van der Waals surface area contributed by atoms with Gasteiger partial charge in [0.05, 0.1) is 5.54 Å². The van der Waals surface area contributed by atoms with Crippen molar-refractivity contribution in [3.63, 3.8) is 0 Å². The topological polar surface area (TPSA) is 58.6 Å². The average Bonchev–Trinajstić information content (AvgIpc) is 2.62. The van der Waals surface area contributed by atoms with Crippen LogP contribution in [-0.2, 0) is 15.1 Å². The molecule has 1 unspecified atom stereocenters. The monoisotopic (exact) mass is 347 g/mol. The number of amides is 1. The summed E-state index contributed by atoms with van der Waals surface area (Å²) in [6.45, 7) is 0.664. The molecule has 0 spiro atoms. The Balaban J connectivity index is 1.89. The van der Waals surface area contributed by atoms with E-state index in [-0.39, 0.29) is 5.56 Å². The molecule has 1 fully saturated rings. The summed E-state index contributed by atoms with van der Waals surface area (Å²) in [5.41, 5.74) is -0.393. The van der Waals surface area contributed by atoms with Crippen LogP contribution in [0.25, 0.3) is 0 Å². The first-order chi connectivity index (χ1) is 12.0. The van der Waals surface area contributed by atoms with Gasteiger partial charge in [-0.3, -0.25) is 4.79 Å². The van der Waals surface area contributed by atoms with Crippen molar-refractivity contribution in [2.75, 3.05) is 13.2 Å². The predicted octanol–water partition coefficient (Wildman–Crippen LogP) is 2.82. The fraction of sp³-hybridized carbons (Fsp3) is 0.316. The smallest absolute Gasteiger partial charge is 0.254 e. The van der Waals surface area contributed by atoms with Crippen molar-refractivity contribution in [2.45, 2.75) is 24.5 Å². The Labute approximate surface area is 144 Å². The van der Waals surface area contributed by atoms with Crippen LogP contribution in [0.5, 0.6) is 0 Å². The minimum absolute atomic E-state index is 0.200. The van der Waals surface area contributed by atoms with Crippen LogP contribution in [0.3, 0.4) is 0 Å². The van der Waals surface area contributed by atoms with Crippen LogP contribution in [-0.4, -0.2) is 24.2 Å². The third-order valence-corrected chi connectivity index (χ3v) is 4.52. The Morgan fingerprint density at radius 3 is 2.44 bits per heavy atom. The van der Waals surface area contributed by atoms with Crippen molar-refractivity contribution in [1.82, 2.24) is 5.32 Å². The summed E-state index contributed by atoms with van der Waals surface area (Å²) in [7, 11) is 0. The summed E-state index contributed by atoms with van der Waals surface area (Å²) in [5.74, 6) is -2.03.